The van der Waals surface area contributed by atoms with E-state index in [9.17, 15) is 12.8 Å². The molecule has 0 radical (unpaired) electrons. The number of H-pyrrole nitrogens is 1. The Morgan fingerprint density at radius 1 is 1.10 bits per heavy atom. The van der Waals surface area contributed by atoms with E-state index in [1.165, 1.54) is 12.1 Å². The van der Waals surface area contributed by atoms with Gasteiger partial charge >= 0.3 is 0 Å². The molecule has 2 aromatic carbocycles. The zero-order valence-corrected chi connectivity index (χ0v) is 17.6. The second-order valence-corrected chi connectivity index (χ2v) is 8.73. The van der Waals surface area contributed by atoms with Gasteiger partial charge in [-0.25, -0.2) is 17.5 Å². The maximum Gasteiger partial charge on any atom is 0.213 e. The number of fused-ring (bicyclic) bond motifs is 1. The van der Waals surface area contributed by atoms with Crippen molar-refractivity contribution < 1.29 is 12.8 Å². The lowest BCUT2D eigenvalue weighted by Crippen LogP contribution is -2.41. The van der Waals surface area contributed by atoms with Crippen molar-refractivity contribution in [3.63, 3.8) is 0 Å². The van der Waals surface area contributed by atoms with Crippen molar-refractivity contribution in [2.24, 2.45) is 4.99 Å². The molecule has 0 saturated heterocycles. The van der Waals surface area contributed by atoms with Crippen LogP contribution in [0.4, 0.5) is 4.39 Å². The van der Waals surface area contributed by atoms with E-state index in [2.05, 4.69) is 25.3 Å². The van der Waals surface area contributed by atoms with Crippen molar-refractivity contribution in [3.05, 3.63) is 71.7 Å². The number of guanidine groups is 1. The maximum absolute atomic E-state index is 13.3. The number of aliphatic imine (C=N–C) groups is 1. The molecule has 0 aliphatic rings. The van der Waals surface area contributed by atoms with Gasteiger partial charge in [0, 0.05) is 43.8 Å². The van der Waals surface area contributed by atoms with E-state index in [1.807, 2.05) is 36.5 Å². The van der Waals surface area contributed by atoms with E-state index >= 15 is 0 Å². The number of rotatable bonds is 9. The van der Waals surface area contributed by atoms with Gasteiger partial charge in [-0.3, -0.25) is 4.99 Å². The minimum Gasteiger partial charge on any atom is -0.361 e. The molecule has 4 N–H and O–H groups in total. The van der Waals surface area contributed by atoms with Gasteiger partial charge in [-0.1, -0.05) is 30.3 Å². The summed E-state index contributed by atoms with van der Waals surface area (Å²) in [5.41, 5.74) is 2.74. The molecule has 0 spiro atoms. The molecule has 30 heavy (non-hydrogen) atoms. The van der Waals surface area contributed by atoms with Gasteiger partial charge < -0.3 is 15.6 Å². The fourth-order valence-corrected chi connectivity index (χ4v) is 3.97. The summed E-state index contributed by atoms with van der Waals surface area (Å²) < 4.78 is 40.2. The molecule has 0 aliphatic heterocycles. The van der Waals surface area contributed by atoms with E-state index in [-0.39, 0.29) is 24.7 Å². The van der Waals surface area contributed by atoms with Crippen LogP contribution in [0.3, 0.4) is 0 Å². The zero-order chi connectivity index (χ0) is 21.4. The average molecular weight is 432 g/mol. The number of nitrogens with one attached hydrogen (secondary N) is 4. The molecule has 0 aliphatic carbocycles. The van der Waals surface area contributed by atoms with Gasteiger partial charge in [0.25, 0.3) is 0 Å². The summed E-state index contributed by atoms with van der Waals surface area (Å²) in [7, 11) is -1.77. The molecule has 1 heterocycles. The molecule has 3 rings (SSSR count). The van der Waals surface area contributed by atoms with Crippen LogP contribution in [0.15, 0.2) is 59.7 Å². The smallest absolute Gasteiger partial charge is 0.213 e. The molecule has 0 atom stereocenters. The lowest BCUT2D eigenvalue weighted by Gasteiger charge is -2.12. The van der Waals surface area contributed by atoms with Gasteiger partial charge in [-0.2, -0.15) is 0 Å². The molecule has 9 heteroatoms. The number of aromatic nitrogens is 1. The first-order valence-electron chi connectivity index (χ1n) is 9.68. The largest absolute Gasteiger partial charge is 0.361 e. The molecule has 7 nitrogen and oxygen atoms in total. The molecule has 1 aromatic heterocycles. The summed E-state index contributed by atoms with van der Waals surface area (Å²) in [6, 6.07) is 14.0. The number of benzene rings is 2. The Bertz CT molecular complexity index is 1100. The third-order valence-corrected chi connectivity index (χ3v) is 5.97. The highest BCUT2D eigenvalue weighted by Gasteiger charge is 2.10. The number of sulfonamides is 1. The first-order valence-corrected chi connectivity index (χ1v) is 11.3. The van der Waals surface area contributed by atoms with Crippen molar-refractivity contribution >= 4 is 26.9 Å². The van der Waals surface area contributed by atoms with Crippen molar-refractivity contribution in [1.29, 1.82) is 0 Å². The van der Waals surface area contributed by atoms with Crippen LogP contribution < -0.4 is 15.4 Å². The van der Waals surface area contributed by atoms with E-state index in [4.69, 9.17) is 0 Å². The molecule has 3 aromatic rings. The number of aromatic amines is 1. The number of hydrogen-bond donors (Lipinski definition) is 4. The molecule has 0 bridgehead atoms. The average Bonchev–Trinajstić information content (AvgIpc) is 3.14. The van der Waals surface area contributed by atoms with E-state index in [0.29, 0.717) is 18.9 Å². The predicted molar refractivity (Wildman–Crippen MR) is 118 cm³/mol. The van der Waals surface area contributed by atoms with Crippen molar-refractivity contribution in [1.82, 2.24) is 20.3 Å². The minimum atomic E-state index is -3.40. The third kappa shape index (κ3) is 6.30. The highest BCUT2D eigenvalue weighted by Crippen LogP contribution is 2.19. The topological polar surface area (TPSA) is 98.4 Å². The number of nitrogens with zero attached hydrogens (tertiary/aromatic N) is 1. The summed E-state index contributed by atoms with van der Waals surface area (Å²) in [6.45, 7) is 1.10. The fourth-order valence-electron chi connectivity index (χ4n) is 3.07. The SMILES string of the molecule is CN=C(NCCc1c[nH]c2cc(F)ccc12)NCCS(=O)(=O)NCc1ccccc1. The van der Waals surface area contributed by atoms with Crippen molar-refractivity contribution in [2.45, 2.75) is 13.0 Å². The van der Waals surface area contributed by atoms with Crippen LogP contribution in [0.25, 0.3) is 10.9 Å². The molecule has 0 unspecified atom stereocenters. The van der Waals surface area contributed by atoms with Gasteiger partial charge in [0.05, 0.1) is 5.75 Å². The van der Waals surface area contributed by atoms with Crippen LogP contribution in [0, 0.1) is 5.82 Å². The quantitative estimate of drug-likeness (QED) is 0.308. The molecule has 0 saturated carbocycles. The van der Waals surface area contributed by atoms with Gasteiger partial charge in [0.15, 0.2) is 5.96 Å². The van der Waals surface area contributed by atoms with E-state index in [0.717, 1.165) is 22.0 Å². The second-order valence-electron chi connectivity index (χ2n) is 6.81. The van der Waals surface area contributed by atoms with Gasteiger partial charge in [0.1, 0.15) is 5.82 Å². The zero-order valence-electron chi connectivity index (χ0n) is 16.8. The van der Waals surface area contributed by atoms with E-state index in [1.54, 1.807) is 13.1 Å². The summed E-state index contributed by atoms with van der Waals surface area (Å²) in [6.07, 6.45) is 2.58. The van der Waals surface area contributed by atoms with Crippen LogP contribution in [0.5, 0.6) is 0 Å². The highest BCUT2D eigenvalue weighted by atomic mass is 32.2. The Balaban J connectivity index is 1.41. The summed E-state index contributed by atoms with van der Waals surface area (Å²) in [5, 5.41) is 7.16. The Morgan fingerprint density at radius 2 is 1.87 bits per heavy atom. The predicted octanol–water partition coefficient (Wildman–Crippen LogP) is 2.13. The Hall–Kier alpha value is -2.91. The summed E-state index contributed by atoms with van der Waals surface area (Å²) >= 11 is 0. The van der Waals surface area contributed by atoms with Crippen molar-refractivity contribution in [2.75, 3.05) is 25.9 Å². The summed E-state index contributed by atoms with van der Waals surface area (Å²) in [5.74, 6) is 0.195. The van der Waals surface area contributed by atoms with Crippen LogP contribution in [0.2, 0.25) is 0 Å². The first-order chi connectivity index (χ1) is 14.5. The Labute approximate surface area is 175 Å². The van der Waals surface area contributed by atoms with Crippen LogP contribution >= 0.6 is 0 Å². The molecular weight excluding hydrogens is 405 g/mol. The molecule has 0 fully saturated rings. The van der Waals surface area contributed by atoms with Crippen LogP contribution in [-0.2, 0) is 23.0 Å². The standard InChI is InChI=1S/C21H26FN5O2S/c1-23-21(24-10-9-17-15-26-20-13-18(22)7-8-19(17)20)25-11-12-30(28,29)27-14-16-5-3-2-4-6-16/h2-8,13,15,26-27H,9-12,14H2,1H3,(H2,23,24,25). The van der Waals surface area contributed by atoms with Gasteiger partial charge in [-0.05, 0) is 35.7 Å². The first kappa shape index (κ1) is 21.8. The lowest BCUT2D eigenvalue weighted by atomic mass is 10.1. The monoisotopic (exact) mass is 431 g/mol. The number of hydrogen-bond acceptors (Lipinski definition) is 3. The van der Waals surface area contributed by atoms with Crippen molar-refractivity contribution in [3.8, 4) is 0 Å². The fraction of sp³-hybridized carbons (Fsp3) is 0.286. The van der Waals surface area contributed by atoms with Gasteiger partial charge in [-0.15, -0.1) is 0 Å². The normalized spacial score (nSPS) is 12.3. The Morgan fingerprint density at radius 3 is 2.63 bits per heavy atom. The number of halogens is 1. The van der Waals surface area contributed by atoms with Crippen LogP contribution in [0.1, 0.15) is 11.1 Å². The maximum atomic E-state index is 13.3. The Kier molecular flexibility index (Phi) is 7.42. The van der Waals surface area contributed by atoms with Crippen LogP contribution in [-0.4, -0.2) is 45.3 Å². The third-order valence-electron chi connectivity index (χ3n) is 4.64. The van der Waals surface area contributed by atoms with Gasteiger partial charge in [0.2, 0.25) is 10.0 Å². The van der Waals surface area contributed by atoms with E-state index < -0.39 is 10.0 Å². The molecule has 0 amide bonds. The minimum absolute atomic E-state index is 0.0610. The molecule has 160 valence electrons. The highest BCUT2D eigenvalue weighted by molar-refractivity contribution is 7.89. The second kappa shape index (κ2) is 10.2. The molecular formula is C21H26FN5O2S. The lowest BCUT2D eigenvalue weighted by molar-refractivity contribution is 0.580. The summed E-state index contributed by atoms with van der Waals surface area (Å²) in [4.78, 5) is 7.18.